The standard InChI is InChI=1S/C21H22F2N4O3/c1-13-10-18(28)24-16-8-3-4-9-17(16)27(13)20(30)12-26(2)11-19(29)25-21-14(22)6-5-7-15(21)23/h3-9,13H,10-12H2,1-2H3,(H,24,28)(H,25,29)/t13-/m1/s1. The molecule has 2 N–H and O–H groups in total. The number of anilines is 3. The number of hydrogen-bond donors (Lipinski definition) is 2. The van der Waals surface area contributed by atoms with Crippen molar-refractivity contribution in [2.24, 2.45) is 0 Å². The Morgan fingerprint density at radius 3 is 2.50 bits per heavy atom. The molecule has 3 amide bonds. The Morgan fingerprint density at radius 1 is 1.13 bits per heavy atom. The van der Waals surface area contributed by atoms with Crippen LogP contribution in [0.4, 0.5) is 25.8 Å². The zero-order valence-corrected chi connectivity index (χ0v) is 16.6. The molecule has 1 atom stereocenters. The Morgan fingerprint density at radius 2 is 1.80 bits per heavy atom. The van der Waals surface area contributed by atoms with Gasteiger partial charge in [0, 0.05) is 12.5 Å². The number of benzene rings is 2. The second-order valence-corrected chi connectivity index (χ2v) is 7.20. The monoisotopic (exact) mass is 416 g/mol. The van der Waals surface area contributed by atoms with E-state index in [9.17, 15) is 23.2 Å². The van der Waals surface area contributed by atoms with Gasteiger partial charge in [-0.1, -0.05) is 18.2 Å². The quantitative estimate of drug-likeness (QED) is 0.785. The Balaban J connectivity index is 1.68. The van der Waals surface area contributed by atoms with E-state index in [4.69, 9.17) is 0 Å². The second kappa shape index (κ2) is 9.00. The van der Waals surface area contributed by atoms with Crippen LogP contribution in [0.1, 0.15) is 13.3 Å². The van der Waals surface area contributed by atoms with Gasteiger partial charge in [-0.15, -0.1) is 0 Å². The molecule has 9 heteroatoms. The summed E-state index contributed by atoms with van der Waals surface area (Å²) in [7, 11) is 1.55. The normalized spacial score (nSPS) is 16.0. The Kier molecular flexibility index (Phi) is 6.41. The van der Waals surface area contributed by atoms with Crippen molar-refractivity contribution in [2.45, 2.75) is 19.4 Å². The van der Waals surface area contributed by atoms with Crippen molar-refractivity contribution in [3.8, 4) is 0 Å². The van der Waals surface area contributed by atoms with Crippen molar-refractivity contribution >= 4 is 34.8 Å². The van der Waals surface area contributed by atoms with Gasteiger partial charge in [-0.25, -0.2) is 8.78 Å². The van der Waals surface area contributed by atoms with Crippen molar-refractivity contribution in [2.75, 3.05) is 35.7 Å². The molecule has 158 valence electrons. The third-order valence-electron chi connectivity index (χ3n) is 4.67. The summed E-state index contributed by atoms with van der Waals surface area (Å²) < 4.78 is 27.4. The van der Waals surface area contributed by atoms with Gasteiger partial charge in [0.25, 0.3) is 0 Å². The number of carbonyl (C=O) groups excluding carboxylic acids is 3. The number of halogens is 2. The Bertz CT molecular complexity index is 962. The molecule has 0 saturated carbocycles. The highest BCUT2D eigenvalue weighted by molar-refractivity contribution is 6.05. The average Bonchev–Trinajstić information content (AvgIpc) is 2.78. The molecule has 0 saturated heterocycles. The fourth-order valence-electron chi connectivity index (χ4n) is 3.37. The molecular formula is C21H22F2N4O3. The number of likely N-dealkylation sites (N-methyl/N-ethyl adjacent to an activating group) is 1. The first-order valence-corrected chi connectivity index (χ1v) is 9.39. The van der Waals surface area contributed by atoms with Crippen molar-refractivity contribution in [1.82, 2.24) is 4.90 Å². The smallest absolute Gasteiger partial charge is 0.241 e. The molecule has 30 heavy (non-hydrogen) atoms. The van der Waals surface area contributed by atoms with Crippen molar-refractivity contribution in [3.63, 3.8) is 0 Å². The predicted octanol–water partition coefficient (Wildman–Crippen LogP) is 2.60. The molecule has 2 aromatic carbocycles. The summed E-state index contributed by atoms with van der Waals surface area (Å²) in [5.41, 5.74) is 0.588. The van der Waals surface area contributed by atoms with Crippen LogP contribution in [0.15, 0.2) is 42.5 Å². The van der Waals surface area contributed by atoms with E-state index in [0.29, 0.717) is 11.4 Å². The van der Waals surface area contributed by atoms with Gasteiger partial charge >= 0.3 is 0 Å². The lowest BCUT2D eigenvalue weighted by atomic mass is 10.1. The number of fused-ring (bicyclic) bond motifs is 1. The van der Waals surface area contributed by atoms with Gasteiger partial charge in [-0.2, -0.15) is 0 Å². The zero-order chi connectivity index (χ0) is 21.8. The molecular weight excluding hydrogens is 394 g/mol. The minimum atomic E-state index is -0.880. The van der Waals surface area contributed by atoms with Crippen molar-refractivity contribution < 1.29 is 23.2 Å². The Hall–Kier alpha value is -3.33. The highest BCUT2D eigenvalue weighted by atomic mass is 19.1. The van der Waals surface area contributed by atoms with Gasteiger partial charge in [0.1, 0.15) is 17.3 Å². The number of amides is 3. The molecule has 0 spiro atoms. The fourth-order valence-corrected chi connectivity index (χ4v) is 3.37. The number of rotatable bonds is 5. The molecule has 1 aliphatic rings. The molecule has 7 nitrogen and oxygen atoms in total. The van der Waals surface area contributed by atoms with E-state index >= 15 is 0 Å². The SMILES string of the molecule is C[C@@H]1CC(=O)Nc2ccccc2N1C(=O)CN(C)CC(=O)Nc1c(F)cccc1F. The predicted molar refractivity (Wildman–Crippen MR) is 109 cm³/mol. The number of carbonyl (C=O) groups is 3. The van der Waals surface area contributed by atoms with Crippen LogP contribution in [0.5, 0.6) is 0 Å². The van der Waals surface area contributed by atoms with Crippen LogP contribution in [0.3, 0.4) is 0 Å². The van der Waals surface area contributed by atoms with E-state index in [1.807, 2.05) is 0 Å². The number of para-hydroxylation sites is 3. The second-order valence-electron chi connectivity index (χ2n) is 7.20. The first kappa shape index (κ1) is 21.4. The van der Waals surface area contributed by atoms with Crippen LogP contribution in [-0.4, -0.2) is 48.8 Å². The van der Waals surface area contributed by atoms with E-state index in [1.165, 1.54) is 15.9 Å². The van der Waals surface area contributed by atoms with Crippen molar-refractivity contribution in [1.29, 1.82) is 0 Å². The van der Waals surface area contributed by atoms with Gasteiger partial charge in [-0.05, 0) is 38.2 Å². The highest BCUT2D eigenvalue weighted by Crippen LogP contribution is 2.31. The van der Waals surface area contributed by atoms with Crippen LogP contribution in [0.25, 0.3) is 0 Å². The van der Waals surface area contributed by atoms with Gasteiger partial charge in [0.2, 0.25) is 17.7 Å². The van der Waals surface area contributed by atoms with E-state index < -0.39 is 23.2 Å². The lowest BCUT2D eigenvalue weighted by molar-refractivity contribution is -0.121. The van der Waals surface area contributed by atoms with E-state index in [1.54, 1.807) is 38.2 Å². The van der Waals surface area contributed by atoms with Gasteiger partial charge in [0.05, 0.1) is 24.5 Å². The van der Waals surface area contributed by atoms with Crippen LogP contribution in [0.2, 0.25) is 0 Å². The van der Waals surface area contributed by atoms with Crippen LogP contribution in [0, 0.1) is 11.6 Å². The molecule has 0 aromatic heterocycles. The van der Waals surface area contributed by atoms with Crippen molar-refractivity contribution in [3.05, 3.63) is 54.1 Å². The Labute approximate surface area is 172 Å². The number of nitrogens with one attached hydrogen (secondary N) is 2. The summed E-state index contributed by atoms with van der Waals surface area (Å²) in [5, 5.41) is 4.97. The lowest BCUT2D eigenvalue weighted by Gasteiger charge is -2.29. The summed E-state index contributed by atoms with van der Waals surface area (Å²) in [6, 6.07) is 9.88. The molecule has 0 radical (unpaired) electrons. The van der Waals surface area contributed by atoms with E-state index in [-0.39, 0.29) is 37.4 Å². The first-order chi connectivity index (χ1) is 14.3. The van der Waals surface area contributed by atoms with Crippen LogP contribution < -0.4 is 15.5 Å². The maximum absolute atomic E-state index is 13.7. The molecule has 2 aromatic rings. The molecule has 3 rings (SSSR count). The maximum atomic E-state index is 13.7. The topological polar surface area (TPSA) is 81.8 Å². The third-order valence-corrected chi connectivity index (χ3v) is 4.67. The average molecular weight is 416 g/mol. The van der Waals surface area contributed by atoms with Gasteiger partial charge in [0.15, 0.2) is 0 Å². The fraction of sp³-hybridized carbons (Fsp3) is 0.286. The minimum absolute atomic E-state index is 0.125. The zero-order valence-electron chi connectivity index (χ0n) is 16.6. The van der Waals surface area contributed by atoms with Gasteiger partial charge in [-0.3, -0.25) is 19.3 Å². The molecule has 0 unspecified atom stereocenters. The molecule has 1 heterocycles. The first-order valence-electron chi connectivity index (χ1n) is 9.39. The summed E-state index contributed by atoms with van der Waals surface area (Å²) in [5.74, 6) is -2.91. The number of nitrogens with zero attached hydrogens (tertiary/aromatic N) is 2. The summed E-state index contributed by atoms with van der Waals surface area (Å²) in [6.45, 7) is 1.40. The maximum Gasteiger partial charge on any atom is 0.241 e. The van der Waals surface area contributed by atoms with Crippen LogP contribution in [-0.2, 0) is 14.4 Å². The van der Waals surface area contributed by atoms with E-state index in [2.05, 4.69) is 10.6 Å². The lowest BCUT2D eigenvalue weighted by Crippen LogP contribution is -2.45. The van der Waals surface area contributed by atoms with Gasteiger partial charge < -0.3 is 15.5 Å². The molecule has 1 aliphatic heterocycles. The highest BCUT2D eigenvalue weighted by Gasteiger charge is 2.30. The molecule has 0 aliphatic carbocycles. The third kappa shape index (κ3) is 4.80. The summed E-state index contributed by atoms with van der Waals surface area (Å²) in [6.07, 6.45) is 0.136. The largest absolute Gasteiger partial charge is 0.324 e. The number of hydrogen-bond acceptors (Lipinski definition) is 4. The molecule has 0 fully saturated rings. The summed E-state index contributed by atoms with van der Waals surface area (Å²) in [4.78, 5) is 40.2. The van der Waals surface area contributed by atoms with Crippen LogP contribution >= 0.6 is 0 Å². The van der Waals surface area contributed by atoms with E-state index in [0.717, 1.165) is 12.1 Å². The minimum Gasteiger partial charge on any atom is -0.324 e. The molecule has 0 bridgehead atoms. The summed E-state index contributed by atoms with van der Waals surface area (Å²) >= 11 is 0.